The molecule has 1 aliphatic heterocycles. The van der Waals surface area contributed by atoms with Crippen LogP contribution >= 0.6 is 0 Å². The minimum Gasteiger partial charge on any atom is -0.493 e. The summed E-state index contributed by atoms with van der Waals surface area (Å²) in [7, 11) is 0. The minimum absolute atomic E-state index is 0.0887. The first-order valence-electron chi connectivity index (χ1n) is 11.9. The Bertz CT molecular complexity index is 1060. The van der Waals surface area contributed by atoms with E-state index in [0.29, 0.717) is 30.6 Å². The topological polar surface area (TPSA) is 97.6 Å². The van der Waals surface area contributed by atoms with E-state index in [9.17, 15) is 8.78 Å². The second-order valence-corrected chi connectivity index (χ2v) is 8.77. The average molecular weight is 485 g/mol. The zero-order valence-corrected chi connectivity index (χ0v) is 20.0. The molecule has 188 valence electrons. The number of nitrogens with zero attached hydrogens (tertiary/aromatic N) is 1. The molecule has 35 heavy (non-hydrogen) atoms. The molecule has 0 radical (unpaired) electrons. The van der Waals surface area contributed by atoms with Crippen LogP contribution in [0.25, 0.3) is 5.70 Å². The summed E-state index contributed by atoms with van der Waals surface area (Å²) in [4.78, 5) is 2.44. The zero-order valence-electron chi connectivity index (χ0n) is 20.0. The number of nitrogen functional groups attached to an aromatic ring is 1. The van der Waals surface area contributed by atoms with Crippen LogP contribution in [0, 0.1) is 23.0 Å². The lowest BCUT2D eigenvalue weighted by molar-refractivity contribution is 0.161. The Balaban J connectivity index is 1.27. The van der Waals surface area contributed by atoms with Gasteiger partial charge in [-0.15, -0.1) is 5.73 Å². The fraction of sp³-hybridized carbons (Fsp3) is 0.407. The molecule has 2 aromatic carbocycles. The Morgan fingerprint density at radius 3 is 2.09 bits per heavy atom. The molecule has 0 saturated carbocycles. The van der Waals surface area contributed by atoms with E-state index in [-0.39, 0.29) is 22.7 Å². The van der Waals surface area contributed by atoms with Crippen molar-refractivity contribution in [3.05, 3.63) is 71.5 Å². The van der Waals surface area contributed by atoms with E-state index in [1.165, 1.54) is 18.2 Å². The predicted molar refractivity (Wildman–Crippen MR) is 135 cm³/mol. The second-order valence-electron chi connectivity index (χ2n) is 8.77. The number of likely N-dealkylation sites (tertiary alicyclic amines) is 1. The van der Waals surface area contributed by atoms with Crippen LogP contribution < -0.4 is 20.9 Å². The first-order valence-corrected chi connectivity index (χ1v) is 11.9. The molecular weight excluding hydrogens is 450 g/mol. The number of rotatable bonds is 12. The summed E-state index contributed by atoms with van der Waals surface area (Å²) in [6, 6.07) is 9.02. The Hall–Kier alpha value is -3.35. The third-order valence-electron chi connectivity index (χ3n) is 6.27. The van der Waals surface area contributed by atoms with Crippen molar-refractivity contribution < 1.29 is 18.3 Å². The van der Waals surface area contributed by atoms with Crippen molar-refractivity contribution in [1.29, 1.82) is 5.41 Å². The summed E-state index contributed by atoms with van der Waals surface area (Å²) in [6.07, 6.45) is 5.16. The Kier molecular flexibility index (Phi) is 9.70. The monoisotopic (exact) mass is 484 g/mol. The first kappa shape index (κ1) is 26.3. The molecule has 0 bridgehead atoms. The van der Waals surface area contributed by atoms with Crippen molar-refractivity contribution in [2.45, 2.75) is 32.1 Å². The van der Waals surface area contributed by atoms with E-state index < -0.39 is 11.6 Å². The highest BCUT2D eigenvalue weighted by Crippen LogP contribution is 2.23. The fourth-order valence-corrected chi connectivity index (χ4v) is 4.24. The predicted octanol–water partition coefficient (Wildman–Crippen LogP) is 4.67. The fourth-order valence-electron chi connectivity index (χ4n) is 4.24. The molecule has 8 heteroatoms. The van der Waals surface area contributed by atoms with E-state index in [4.69, 9.17) is 26.4 Å². The van der Waals surface area contributed by atoms with Crippen LogP contribution in [0.2, 0.25) is 0 Å². The summed E-state index contributed by atoms with van der Waals surface area (Å²) < 4.78 is 39.3. The van der Waals surface area contributed by atoms with Gasteiger partial charge in [-0.25, -0.2) is 8.78 Å². The van der Waals surface area contributed by atoms with E-state index in [2.05, 4.69) is 17.2 Å². The van der Waals surface area contributed by atoms with Crippen LogP contribution in [0.3, 0.4) is 0 Å². The Labute approximate surface area is 205 Å². The van der Waals surface area contributed by atoms with E-state index in [1.807, 2.05) is 0 Å². The molecule has 0 aromatic heterocycles. The van der Waals surface area contributed by atoms with Gasteiger partial charge in [-0.05, 0) is 75.4 Å². The molecule has 1 saturated heterocycles. The van der Waals surface area contributed by atoms with Gasteiger partial charge in [0, 0.05) is 24.2 Å². The van der Waals surface area contributed by atoms with Gasteiger partial charge in [0.25, 0.3) is 0 Å². The summed E-state index contributed by atoms with van der Waals surface area (Å²) in [6.45, 7) is 7.55. The number of benzene rings is 2. The van der Waals surface area contributed by atoms with Gasteiger partial charge in [0.2, 0.25) is 0 Å². The molecule has 1 heterocycles. The van der Waals surface area contributed by atoms with Crippen LogP contribution in [0.4, 0.5) is 8.78 Å². The molecule has 6 nitrogen and oxygen atoms in total. The van der Waals surface area contributed by atoms with Gasteiger partial charge in [0.15, 0.2) is 0 Å². The van der Waals surface area contributed by atoms with Crippen LogP contribution in [-0.2, 0) is 0 Å². The molecule has 0 spiro atoms. The van der Waals surface area contributed by atoms with E-state index in [1.54, 1.807) is 18.2 Å². The van der Waals surface area contributed by atoms with Crippen LogP contribution in [-0.4, -0.2) is 43.6 Å². The van der Waals surface area contributed by atoms with Crippen molar-refractivity contribution in [2.75, 3.05) is 32.8 Å². The molecule has 3 rings (SSSR count). The molecule has 0 unspecified atom stereocenters. The molecular formula is C27H34F2N4O2. The number of amidine groups is 1. The number of nitrogens with one attached hydrogen (secondary N) is 1. The minimum atomic E-state index is -0.538. The van der Waals surface area contributed by atoms with Gasteiger partial charge >= 0.3 is 0 Å². The zero-order chi connectivity index (χ0) is 25.2. The number of nitrogens with two attached hydrogens (primary N) is 2. The SMILES string of the molecule is C=C=C(N)c1ccc(OCCCN2CCC(CCCOc3ccc(C(=N)N)c(F)c3)CC2)cc1F. The summed E-state index contributed by atoms with van der Waals surface area (Å²) >= 11 is 0. The lowest BCUT2D eigenvalue weighted by atomic mass is 9.92. The quantitative estimate of drug-likeness (QED) is 0.176. The van der Waals surface area contributed by atoms with Crippen LogP contribution in [0.15, 0.2) is 48.7 Å². The Morgan fingerprint density at radius 1 is 0.971 bits per heavy atom. The number of piperidine rings is 1. The van der Waals surface area contributed by atoms with Crippen LogP contribution in [0.1, 0.15) is 43.2 Å². The van der Waals surface area contributed by atoms with Crippen molar-refractivity contribution in [2.24, 2.45) is 17.4 Å². The maximum Gasteiger partial charge on any atom is 0.137 e. The number of hydrogen-bond donors (Lipinski definition) is 3. The highest BCUT2D eigenvalue weighted by atomic mass is 19.1. The highest BCUT2D eigenvalue weighted by Gasteiger charge is 2.18. The van der Waals surface area contributed by atoms with E-state index >= 15 is 0 Å². The van der Waals surface area contributed by atoms with Gasteiger partial charge in [-0.1, -0.05) is 6.58 Å². The maximum atomic E-state index is 14.1. The molecule has 5 N–H and O–H groups in total. The molecule has 0 aliphatic carbocycles. The maximum absolute atomic E-state index is 14.1. The van der Waals surface area contributed by atoms with Crippen molar-refractivity contribution in [3.8, 4) is 11.5 Å². The molecule has 0 amide bonds. The largest absolute Gasteiger partial charge is 0.493 e. The van der Waals surface area contributed by atoms with Gasteiger partial charge in [-0.2, -0.15) is 0 Å². The summed E-state index contributed by atoms with van der Waals surface area (Å²) in [5.41, 5.74) is 14.0. The molecule has 0 atom stereocenters. The van der Waals surface area contributed by atoms with Crippen molar-refractivity contribution >= 4 is 11.5 Å². The molecule has 1 aliphatic rings. The van der Waals surface area contributed by atoms with Gasteiger partial charge in [0.05, 0.1) is 24.5 Å². The third kappa shape index (κ3) is 7.84. The summed E-state index contributed by atoms with van der Waals surface area (Å²) in [5, 5.41) is 7.32. The van der Waals surface area contributed by atoms with Crippen molar-refractivity contribution in [1.82, 2.24) is 4.90 Å². The third-order valence-corrected chi connectivity index (χ3v) is 6.27. The molecule has 2 aromatic rings. The average Bonchev–Trinajstić information content (AvgIpc) is 2.85. The molecule has 1 fully saturated rings. The lowest BCUT2D eigenvalue weighted by Crippen LogP contribution is -2.35. The number of ether oxygens (including phenoxy) is 2. The highest BCUT2D eigenvalue weighted by molar-refractivity contribution is 5.95. The van der Waals surface area contributed by atoms with Crippen LogP contribution in [0.5, 0.6) is 11.5 Å². The lowest BCUT2D eigenvalue weighted by Gasteiger charge is -2.32. The van der Waals surface area contributed by atoms with E-state index in [0.717, 1.165) is 51.7 Å². The second kappa shape index (κ2) is 12.9. The Morgan fingerprint density at radius 2 is 1.54 bits per heavy atom. The van der Waals surface area contributed by atoms with Gasteiger partial charge in [0.1, 0.15) is 29.0 Å². The standard InChI is InChI=1S/C27H34F2N4O2/c1-2-26(30)22-8-6-20(17-24(22)28)35-16-4-12-33-13-10-19(11-14-33)5-3-15-34-21-7-9-23(27(31)32)25(29)18-21/h6-9,17-19H,1,3-5,10-16,30H2,(H3,31,32). The normalized spacial score (nSPS) is 14.3. The van der Waals surface area contributed by atoms with Gasteiger partial charge in [-0.3, -0.25) is 5.41 Å². The number of hydrogen-bond acceptors (Lipinski definition) is 5. The first-order chi connectivity index (χ1) is 16.9. The number of halogens is 2. The smallest absolute Gasteiger partial charge is 0.137 e. The van der Waals surface area contributed by atoms with Gasteiger partial charge < -0.3 is 25.8 Å². The summed E-state index contributed by atoms with van der Waals surface area (Å²) in [5.74, 6) is 0.344. The van der Waals surface area contributed by atoms with Crippen molar-refractivity contribution in [3.63, 3.8) is 0 Å².